The second kappa shape index (κ2) is 7.03. The summed E-state index contributed by atoms with van der Waals surface area (Å²) in [5, 5.41) is 0.811. The van der Waals surface area contributed by atoms with Crippen LogP contribution in [-0.4, -0.2) is 22.9 Å². The fraction of sp³-hybridized carbons (Fsp3) is 0.409. The number of allylic oxidation sites excluding steroid dienone is 4. The minimum absolute atomic E-state index is 0.0259. The van der Waals surface area contributed by atoms with Gasteiger partial charge in [0.2, 0.25) is 5.91 Å². The molecule has 0 aromatic heterocycles. The van der Waals surface area contributed by atoms with Crippen molar-refractivity contribution in [2.45, 2.75) is 50.6 Å². The topological polar surface area (TPSA) is 20.3 Å². The predicted molar refractivity (Wildman–Crippen MR) is 102 cm³/mol. The molecule has 136 valence electrons. The van der Waals surface area contributed by atoms with Gasteiger partial charge in [-0.25, -0.2) is 4.39 Å². The zero-order valence-corrected chi connectivity index (χ0v) is 15.6. The Hall–Kier alpha value is -1.87. The van der Waals surface area contributed by atoms with Gasteiger partial charge in [-0.15, -0.1) is 0 Å². The Morgan fingerprint density at radius 1 is 1.23 bits per heavy atom. The van der Waals surface area contributed by atoms with Gasteiger partial charge in [0.25, 0.3) is 0 Å². The van der Waals surface area contributed by atoms with E-state index in [1.54, 1.807) is 0 Å². The van der Waals surface area contributed by atoms with Gasteiger partial charge < -0.3 is 4.90 Å². The van der Waals surface area contributed by atoms with Crippen LogP contribution >= 0.6 is 11.6 Å². The summed E-state index contributed by atoms with van der Waals surface area (Å²) >= 11 is 6.12. The quantitative estimate of drug-likeness (QED) is 0.686. The number of benzene rings is 1. The molecule has 1 aromatic rings. The van der Waals surface area contributed by atoms with E-state index in [1.165, 1.54) is 12.1 Å². The number of rotatable bonds is 5. The predicted octanol–water partition coefficient (Wildman–Crippen LogP) is 5.32. The van der Waals surface area contributed by atoms with Gasteiger partial charge in [-0.05, 0) is 61.4 Å². The highest BCUT2D eigenvalue weighted by Crippen LogP contribution is 2.50. The van der Waals surface area contributed by atoms with Gasteiger partial charge in [-0.3, -0.25) is 4.79 Å². The molecule has 4 rings (SSSR count). The first-order valence-corrected chi connectivity index (χ1v) is 9.73. The van der Waals surface area contributed by atoms with E-state index in [4.69, 9.17) is 11.6 Å². The Morgan fingerprint density at radius 2 is 1.96 bits per heavy atom. The van der Waals surface area contributed by atoms with Crippen LogP contribution in [-0.2, 0) is 4.79 Å². The van der Waals surface area contributed by atoms with Crippen LogP contribution in [0.4, 0.5) is 4.39 Å². The van der Waals surface area contributed by atoms with Crippen LogP contribution in [0.2, 0.25) is 0 Å². The van der Waals surface area contributed by atoms with E-state index < -0.39 is 0 Å². The molecule has 0 bridgehead atoms. The Balaban J connectivity index is 1.50. The largest absolute Gasteiger partial charge is 0.333 e. The molecule has 3 aliphatic rings. The first-order valence-electron chi connectivity index (χ1n) is 9.35. The molecular formula is C22H23ClFNO. The summed E-state index contributed by atoms with van der Waals surface area (Å²) in [5.74, 6) is 0.259. The SMILES string of the molecule is CC(C1=CC=C(Cl)CC=C1)N(C(=O)C1CC1c1ccc(F)cc1)C1CC1. The second-order valence-electron chi connectivity index (χ2n) is 7.54. The minimum atomic E-state index is -0.232. The highest BCUT2D eigenvalue weighted by Gasteiger charge is 2.49. The Bertz CT molecular complexity index is 791. The molecule has 2 nitrogen and oxygen atoms in total. The van der Waals surface area contributed by atoms with Crippen molar-refractivity contribution in [2.24, 2.45) is 5.92 Å². The van der Waals surface area contributed by atoms with E-state index in [-0.39, 0.29) is 29.6 Å². The average molecular weight is 372 g/mol. The number of carbonyl (C=O) groups excluding carboxylic acids is 1. The molecule has 2 fully saturated rings. The van der Waals surface area contributed by atoms with Crippen LogP contribution in [0, 0.1) is 11.7 Å². The Labute approximate surface area is 159 Å². The molecule has 0 heterocycles. The lowest BCUT2D eigenvalue weighted by Gasteiger charge is -2.30. The van der Waals surface area contributed by atoms with Crippen molar-refractivity contribution in [3.63, 3.8) is 0 Å². The number of halogens is 2. The van der Waals surface area contributed by atoms with Gasteiger partial charge in [0, 0.05) is 23.4 Å². The van der Waals surface area contributed by atoms with Gasteiger partial charge in [0.05, 0.1) is 6.04 Å². The third-order valence-electron chi connectivity index (χ3n) is 5.58. The maximum atomic E-state index is 13.2. The summed E-state index contributed by atoms with van der Waals surface area (Å²) in [5.41, 5.74) is 2.19. The lowest BCUT2D eigenvalue weighted by atomic mass is 10.0. The van der Waals surface area contributed by atoms with Crippen LogP contribution in [0.15, 0.2) is 59.2 Å². The third kappa shape index (κ3) is 3.64. The van der Waals surface area contributed by atoms with Gasteiger partial charge in [-0.2, -0.15) is 0 Å². The van der Waals surface area contributed by atoms with Crippen molar-refractivity contribution in [3.05, 3.63) is 70.6 Å². The molecule has 0 aliphatic heterocycles. The summed E-state index contributed by atoms with van der Waals surface area (Å²) in [6.07, 6.45) is 11.9. The molecular weight excluding hydrogens is 349 g/mol. The van der Waals surface area contributed by atoms with Gasteiger partial charge >= 0.3 is 0 Å². The highest BCUT2D eigenvalue weighted by atomic mass is 35.5. The molecule has 0 N–H and O–H groups in total. The maximum absolute atomic E-state index is 13.2. The van der Waals surface area contributed by atoms with Crippen molar-refractivity contribution in [2.75, 3.05) is 0 Å². The van der Waals surface area contributed by atoms with Crippen molar-refractivity contribution < 1.29 is 9.18 Å². The molecule has 0 saturated heterocycles. The average Bonchev–Trinajstić information content (AvgIpc) is 3.50. The summed E-state index contributed by atoms with van der Waals surface area (Å²) in [7, 11) is 0. The van der Waals surface area contributed by atoms with Crippen LogP contribution in [0.5, 0.6) is 0 Å². The molecule has 1 aromatic carbocycles. The molecule has 4 heteroatoms. The fourth-order valence-electron chi connectivity index (χ4n) is 3.83. The van der Waals surface area contributed by atoms with Gasteiger partial charge in [0.1, 0.15) is 5.82 Å². The number of carbonyl (C=O) groups is 1. The number of hydrogen-bond acceptors (Lipinski definition) is 1. The summed E-state index contributed by atoms with van der Waals surface area (Å²) in [6.45, 7) is 2.11. The lowest BCUT2D eigenvalue weighted by Crippen LogP contribution is -2.42. The third-order valence-corrected chi connectivity index (χ3v) is 5.86. The fourth-order valence-corrected chi connectivity index (χ4v) is 3.99. The summed E-state index contributed by atoms with van der Waals surface area (Å²) in [6, 6.07) is 6.97. The smallest absolute Gasteiger partial charge is 0.227 e. The summed E-state index contributed by atoms with van der Waals surface area (Å²) in [4.78, 5) is 15.3. The number of nitrogens with zero attached hydrogens (tertiary/aromatic N) is 1. The van der Waals surface area contributed by atoms with Crippen LogP contribution in [0.25, 0.3) is 0 Å². The van der Waals surface area contributed by atoms with Crippen molar-refractivity contribution in [1.29, 1.82) is 0 Å². The molecule has 2 saturated carbocycles. The normalized spacial score (nSPS) is 25.8. The van der Waals surface area contributed by atoms with Crippen molar-refractivity contribution in [3.8, 4) is 0 Å². The van der Waals surface area contributed by atoms with E-state index in [2.05, 4.69) is 24.0 Å². The summed E-state index contributed by atoms with van der Waals surface area (Å²) < 4.78 is 13.1. The van der Waals surface area contributed by atoms with Gasteiger partial charge in [0.15, 0.2) is 0 Å². The van der Waals surface area contributed by atoms with E-state index in [1.807, 2.05) is 24.3 Å². The molecule has 3 unspecified atom stereocenters. The zero-order valence-electron chi connectivity index (χ0n) is 14.9. The van der Waals surface area contributed by atoms with E-state index in [9.17, 15) is 9.18 Å². The van der Waals surface area contributed by atoms with E-state index >= 15 is 0 Å². The Morgan fingerprint density at radius 3 is 2.65 bits per heavy atom. The molecule has 3 atom stereocenters. The Kier molecular flexibility index (Phi) is 4.74. The highest BCUT2D eigenvalue weighted by molar-refractivity contribution is 6.29. The first kappa shape index (κ1) is 17.5. The van der Waals surface area contributed by atoms with Gasteiger partial charge in [-0.1, -0.05) is 42.0 Å². The van der Waals surface area contributed by atoms with E-state index in [0.717, 1.165) is 41.9 Å². The van der Waals surface area contributed by atoms with Crippen molar-refractivity contribution in [1.82, 2.24) is 4.90 Å². The standard InChI is InChI=1S/C22H23ClFNO/c1-14(15-3-2-4-17(23)8-5-15)25(19-11-12-19)22(26)21-13-20(21)16-6-9-18(24)10-7-16/h2-3,5-10,14,19-21H,4,11-13H2,1H3. The number of amides is 1. The minimum Gasteiger partial charge on any atom is -0.333 e. The van der Waals surface area contributed by atoms with Crippen LogP contribution < -0.4 is 0 Å². The molecule has 0 radical (unpaired) electrons. The number of hydrogen-bond donors (Lipinski definition) is 0. The molecule has 1 amide bonds. The first-order chi connectivity index (χ1) is 12.5. The van der Waals surface area contributed by atoms with E-state index in [0.29, 0.717) is 6.04 Å². The molecule has 26 heavy (non-hydrogen) atoms. The van der Waals surface area contributed by atoms with Crippen LogP contribution in [0.1, 0.15) is 44.1 Å². The monoisotopic (exact) mass is 371 g/mol. The second-order valence-corrected chi connectivity index (χ2v) is 8.03. The zero-order chi connectivity index (χ0) is 18.3. The lowest BCUT2D eigenvalue weighted by molar-refractivity contribution is -0.134. The molecule has 3 aliphatic carbocycles. The molecule has 0 spiro atoms. The van der Waals surface area contributed by atoms with Crippen molar-refractivity contribution >= 4 is 17.5 Å². The maximum Gasteiger partial charge on any atom is 0.227 e. The van der Waals surface area contributed by atoms with Crippen LogP contribution in [0.3, 0.4) is 0 Å².